The van der Waals surface area contributed by atoms with E-state index in [2.05, 4.69) is 10.3 Å². The van der Waals surface area contributed by atoms with E-state index in [0.29, 0.717) is 5.82 Å². The number of aromatic nitrogens is 2. The lowest BCUT2D eigenvalue weighted by atomic mass is 10.00. The van der Waals surface area contributed by atoms with Crippen molar-refractivity contribution in [2.75, 3.05) is 0 Å². The van der Waals surface area contributed by atoms with Crippen molar-refractivity contribution in [1.29, 1.82) is 0 Å². The van der Waals surface area contributed by atoms with Crippen LogP contribution in [0.2, 0.25) is 0 Å². The van der Waals surface area contributed by atoms with E-state index in [-0.39, 0.29) is 11.9 Å². The fraction of sp³-hybridized carbons (Fsp3) is 0.692. The molecule has 1 amide bonds. The van der Waals surface area contributed by atoms with E-state index in [9.17, 15) is 9.90 Å². The van der Waals surface area contributed by atoms with Crippen molar-refractivity contribution in [3.8, 4) is 0 Å². The normalized spacial score (nSPS) is 13.4. The molecule has 1 aromatic rings. The summed E-state index contributed by atoms with van der Waals surface area (Å²) in [5.74, 6) is 0.266. The first-order valence-corrected chi connectivity index (χ1v) is 6.30. The third-order valence-corrected chi connectivity index (χ3v) is 2.83. The molecule has 0 unspecified atom stereocenters. The minimum absolute atomic E-state index is 0.0801. The summed E-state index contributed by atoms with van der Waals surface area (Å²) < 4.78 is 1.69. The highest BCUT2D eigenvalue weighted by Gasteiger charge is 2.15. The molecule has 0 bridgehead atoms. The Morgan fingerprint density at radius 3 is 2.78 bits per heavy atom. The Kier molecular flexibility index (Phi) is 4.90. The fourth-order valence-corrected chi connectivity index (χ4v) is 1.79. The van der Waals surface area contributed by atoms with E-state index in [0.717, 1.165) is 19.3 Å². The maximum Gasteiger partial charge on any atom is 0.287 e. The minimum Gasteiger partial charge on any atom is -0.390 e. The summed E-state index contributed by atoms with van der Waals surface area (Å²) in [5, 5.41) is 12.5. The molecule has 18 heavy (non-hydrogen) atoms. The molecule has 1 atom stereocenters. The first kappa shape index (κ1) is 14.7. The Morgan fingerprint density at radius 1 is 1.61 bits per heavy atom. The van der Waals surface area contributed by atoms with Crippen LogP contribution in [0, 0.1) is 0 Å². The summed E-state index contributed by atoms with van der Waals surface area (Å²) in [7, 11) is 1.79. The number of aliphatic hydroxyl groups is 1. The lowest BCUT2D eigenvalue weighted by molar-refractivity contribution is 0.0673. The van der Waals surface area contributed by atoms with Gasteiger partial charge in [0.15, 0.2) is 5.82 Å². The van der Waals surface area contributed by atoms with Crippen LogP contribution in [0.4, 0.5) is 0 Å². The zero-order valence-corrected chi connectivity index (χ0v) is 11.6. The van der Waals surface area contributed by atoms with E-state index in [4.69, 9.17) is 0 Å². The second kappa shape index (κ2) is 6.00. The summed E-state index contributed by atoms with van der Waals surface area (Å²) in [6.07, 6.45) is 5.81. The third-order valence-electron chi connectivity index (χ3n) is 2.83. The molecule has 0 fully saturated rings. The number of carbonyl (C=O) groups excluding carboxylic acids is 1. The lowest BCUT2D eigenvalue weighted by Gasteiger charge is -2.19. The molecule has 5 heteroatoms. The zero-order valence-electron chi connectivity index (χ0n) is 11.6. The van der Waals surface area contributed by atoms with Gasteiger partial charge >= 0.3 is 0 Å². The highest BCUT2D eigenvalue weighted by molar-refractivity contribution is 5.90. The van der Waals surface area contributed by atoms with Crippen molar-refractivity contribution in [2.45, 2.75) is 51.7 Å². The summed E-state index contributed by atoms with van der Waals surface area (Å²) in [6.45, 7) is 5.56. The number of imidazole rings is 1. The summed E-state index contributed by atoms with van der Waals surface area (Å²) in [4.78, 5) is 15.9. The van der Waals surface area contributed by atoms with Crippen LogP contribution in [-0.4, -0.2) is 32.2 Å². The maximum absolute atomic E-state index is 11.9. The summed E-state index contributed by atoms with van der Waals surface area (Å²) in [6, 6.07) is 0.0801. The predicted octanol–water partition coefficient (Wildman–Crippen LogP) is 1.48. The molecule has 2 N–H and O–H groups in total. The Morgan fingerprint density at radius 2 is 2.28 bits per heavy atom. The van der Waals surface area contributed by atoms with E-state index in [1.807, 2.05) is 6.92 Å². The molecule has 0 aliphatic heterocycles. The largest absolute Gasteiger partial charge is 0.390 e. The average molecular weight is 253 g/mol. The van der Waals surface area contributed by atoms with Gasteiger partial charge in [0.25, 0.3) is 5.91 Å². The monoisotopic (exact) mass is 253 g/mol. The van der Waals surface area contributed by atoms with Crippen LogP contribution >= 0.6 is 0 Å². The van der Waals surface area contributed by atoms with Crippen molar-refractivity contribution in [1.82, 2.24) is 14.9 Å². The third kappa shape index (κ3) is 4.87. The van der Waals surface area contributed by atoms with Gasteiger partial charge in [-0.1, -0.05) is 0 Å². The van der Waals surface area contributed by atoms with Gasteiger partial charge in [0.2, 0.25) is 0 Å². The van der Waals surface area contributed by atoms with E-state index >= 15 is 0 Å². The number of rotatable bonds is 6. The highest BCUT2D eigenvalue weighted by atomic mass is 16.3. The molecule has 102 valence electrons. The average Bonchev–Trinajstić information content (AvgIpc) is 2.62. The standard InChI is InChI=1S/C13H23N3O2/c1-10(6-5-7-13(2,3)18)15-12(17)11-14-8-9-16(11)4/h8-10,18H,5-7H2,1-4H3,(H,15,17)/t10-/m0/s1. The first-order valence-electron chi connectivity index (χ1n) is 6.30. The molecule has 0 saturated heterocycles. The van der Waals surface area contributed by atoms with Gasteiger partial charge < -0.3 is 15.0 Å². The lowest BCUT2D eigenvalue weighted by Crippen LogP contribution is -2.34. The smallest absolute Gasteiger partial charge is 0.287 e. The van der Waals surface area contributed by atoms with Gasteiger partial charge in [-0.2, -0.15) is 0 Å². The molecule has 0 aromatic carbocycles. The summed E-state index contributed by atoms with van der Waals surface area (Å²) >= 11 is 0. The van der Waals surface area contributed by atoms with Gasteiger partial charge in [-0.05, 0) is 40.0 Å². The van der Waals surface area contributed by atoms with Crippen LogP contribution in [0.1, 0.15) is 50.7 Å². The Hall–Kier alpha value is -1.36. The number of nitrogens with one attached hydrogen (secondary N) is 1. The molecule has 5 nitrogen and oxygen atoms in total. The van der Waals surface area contributed by atoms with Crippen LogP contribution in [-0.2, 0) is 7.05 Å². The Bertz CT molecular complexity index is 393. The summed E-state index contributed by atoms with van der Waals surface area (Å²) in [5.41, 5.74) is -0.636. The second-order valence-corrected chi connectivity index (χ2v) is 5.44. The molecule has 0 saturated carbocycles. The number of carbonyl (C=O) groups is 1. The number of hydrogen-bond acceptors (Lipinski definition) is 3. The molecule has 0 aliphatic rings. The number of nitrogens with zero attached hydrogens (tertiary/aromatic N) is 2. The van der Waals surface area contributed by atoms with E-state index in [1.165, 1.54) is 0 Å². The van der Waals surface area contributed by atoms with Gasteiger partial charge in [0, 0.05) is 25.5 Å². The Balaban J connectivity index is 2.35. The fourth-order valence-electron chi connectivity index (χ4n) is 1.79. The van der Waals surface area contributed by atoms with Crippen LogP contribution < -0.4 is 5.32 Å². The van der Waals surface area contributed by atoms with E-state index < -0.39 is 5.60 Å². The minimum atomic E-state index is -0.636. The van der Waals surface area contributed by atoms with Crippen molar-refractivity contribution < 1.29 is 9.90 Å². The highest BCUT2D eigenvalue weighted by Crippen LogP contribution is 2.13. The van der Waals surface area contributed by atoms with Crippen molar-refractivity contribution >= 4 is 5.91 Å². The van der Waals surface area contributed by atoms with Gasteiger partial charge in [-0.15, -0.1) is 0 Å². The van der Waals surface area contributed by atoms with Crippen molar-refractivity contribution in [3.05, 3.63) is 18.2 Å². The molecule has 0 aliphatic carbocycles. The van der Waals surface area contributed by atoms with Crippen LogP contribution in [0.15, 0.2) is 12.4 Å². The van der Waals surface area contributed by atoms with Gasteiger partial charge in [-0.25, -0.2) is 4.98 Å². The van der Waals surface area contributed by atoms with Crippen LogP contribution in [0.25, 0.3) is 0 Å². The van der Waals surface area contributed by atoms with Gasteiger partial charge in [0.05, 0.1) is 5.60 Å². The molecule has 0 radical (unpaired) electrons. The number of hydrogen-bond donors (Lipinski definition) is 2. The quantitative estimate of drug-likeness (QED) is 0.807. The van der Waals surface area contributed by atoms with Gasteiger partial charge in [-0.3, -0.25) is 4.79 Å². The molecule has 0 spiro atoms. The molecular weight excluding hydrogens is 230 g/mol. The molecule has 1 aromatic heterocycles. The SMILES string of the molecule is C[C@@H](CCCC(C)(C)O)NC(=O)c1nccn1C. The zero-order chi connectivity index (χ0) is 13.8. The van der Waals surface area contributed by atoms with Crippen LogP contribution in [0.5, 0.6) is 0 Å². The van der Waals surface area contributed by atoms with Crippen LogP contribution in [0.3, 0.4) is 0 Å². The van der Waals surface area contributed by atoms with Crippen molar-refractivity contribution in [2.24, 2.45) is 7.05 Å². The Labute approximate surface area is 108 Å². The molecule has 1 heterocycles. The van der Waals surface area contributed by atoms with Gasteiger partial charge in [0.1, 0.15) is 0 Å². The number of aryl methyl sites for hydroxylation is 1. The second-order valence-electron chi connectivity index (χ2n) is 5.44. The molecular formula is C13H23N3O2. The maximum atomic E-state index is 11.9. The first-order chi connectivity index (χ1) is 8.29. The number of amides is 1. The van der Waals surface area contributed by atoms with E-state index in [1.54, 1.807) is 37.9 Å². The van der Waals surface area contributed by atoms with Crippen molar-refractivity contribution in [3.63, 3.8) is 0 Å². The topological polar surface area (TPSA) is 67.2 Å². The predicted molar refractivity (Wildman–Crippen MR) is 70.3 cm³/mol. The molecule has 1 rings (SSSR count).